The molecule has 0 unspecified atom stereocenters. The average molecular weight is 273 g/mol. The fraction of sp³-hybridized carbons (Fsp3) is 0.250. The molecule has 2 aromatic rings. The molecule has 1 aromatic carbocycles. The molecule has 8 heteroatoms. The molecule has 0 saturated carbocycles. The van der Waals surface area contributed by atoms with E-state index < -0.39 is 17.9 Å². The monoisotopic (exact) mass is 273 g/mol. The molecule has 2 heterocycles. The predicted molar refractivity (Wildman–Crippen MR) is 65.6 cm³/mol. The Kier molecular flexibility index (Phi) is 2.79. The molecule has 1 aliphatic heterocycles. The van der Waals surface area contributed by atoms with Crippen molar-refractivity contribution in [1.29, 1.82) is 0 Å². The standard InChI is InChI=1S/C12H11N5O3/c1-16-14-10(13-15-16)9(18)6-17-11(19)7-4-2-3-5-8(7)12(17)20/h2-5,9,18H,6H2,1H3/t9-/m1/s1. The lowest BCUT2D eigenvalue weighted by molar-refractivity contribution is 0.0532. The molecule has 1 aliphatic rings. The van der Waals surface area contributed by atoms with Crippen LogP contribution in [0.4, 0.5) is 0 Å². The largest absolute Gasteiger partial charge is 0.383 e. The van der Waals surface area contributed by atoms with Crippen LogP contribution in [-0.4, -0.2) is 48.6 Å². The number of rotatable bonds is 3. The van der Waals surface area contributed by atoms with Crippen molar-refractivity contribution in [2.24, 2.45) is 7.05 Å². The number of carbonyl (C=O) groups excluding carboxylic acids is 2. The van der Waals surface area contributed by atoms with Crippen LogP contribution in [0.1, 0.15) is 32.6 Å². The lowest BCUT2D eigenvalue weighted by Crippen LogP contribution is -2.34. The van der Waals surface area contributed by atoms with Gasteiger partial charge in [-0.15, -0.1) is 10.2 Å². The lowest BCUT2D eigenvalue weighted by atomic mass is 10.1. The number of benzene rings is 1. The minimum atomic E-state index is -1.16. The van der Waals surface area contributed by atoms with E-state index >= 15 is 0 Å². The maximum atomic E-state index is 12.1. The van der Waals surface area contributed by atoms with Crippen molar-refractivity contribution >= 4 is 11.8 Å². The molecule has 0 radical (unpaired) electrons. The van der Waals surface area contributed by atoms with Crippen LogP contribution in [0.3, 0.4) is 0 Å². The number of aliphatic hydroxyl groups is 1. The molecule has 2 amide bonds. The molecule has 0 bridgehead atoms. The Balaban J connectivity index is 1.83. The number of hydrogen-bond donors (Lipinski definition) is 1. The van der Waals surface area contributed by atoms with Crippen LogP contribution >= 0.6 is 0 Å². The topological polar surface area (TPSA) is 101 Å². The van der Waals surface area contributed by atoms with Crippen molar-refractivity contribution in [2.75, 3.05) is 6.54 Å². The van der Waals surface area contributed by atoms with Gasteiger partial charge in [-0.25, -0.2) is 0 Å². The summed E-state index contributed by atoms with van der Waals surface area (Å²) in [4.78, 5) is 26.4. The minimum absolute atomic E-state index is 0.0732. The van der Waals surface area contributed by atoms with Gasteiger partial charge >= 0.3 is 0 Å². The number of amides is 2. The molecular formula is C12H11N5O3. The normalized spacial score (nSPS) is 15.6. The third-order valence-electron chi connectivity index (χ3n) is 3.06. The number of β-amino-alcohol motifs (C(OH)–C–C–N with tert-alkyl or cyclic N) is 1. The van der Waals surface area contributed by atoms with E-state index in [4.69, 9.17) is 0 Å². The minimum Gasteiger partial charge on any atom is -0.383 e. The quantitative estimate of drug-likeness (QED) is 0.759. The van der Waals surface area contributed by atoms with Crippen LogP contribution in [0, 0.1) is 0 Å². The highest BCUT2D eigenvalue weighted by molar-refractivity contribution is 6.21. The van der Waals surface area contributed by atoms with Crippen molar-refractivity contribution in [3.63, 3.8) is 0 Å². The molecule has 20 heavy (non-hydrogen) atoms. The second kappa shape index (κ2) is 4.49. The highest BCUT2D eigenvalue weighted by atomic mass is 16.3. The van der Waals surface area contributed by atoms with Gasteiger partial charge in [0.15, 0.2) is 0 Å². The number of tetrazole rings is 1. The Morgan fingerprint density at radius 3 is 2.30 bits per heavy atom. The molecule has 102 valence electrons. The number of aromatic nitrogens is 4. The van der Waals surface area contributed by atoms with E-state index in [0.717, 1.165) is 4.90 Å². The molecule has 1 N–H and O–H groups in total. The molecule has 1 aromatic heterocycles. The SMILES string of the molecule is Cn1nnc([C@H](O)CN2C(=O)c3ccccc3C2=O)n1. The zero-order valence-corrected chi connectivity index (χ0v) is 10.6. The van der Waals surface area contributed by atoms with Crippen molar-refractivity contribution in [1.82, 2.24) is 25.1 Å². The molecule has 3 rings (SSSR count). The summed E-state index contributed by atoms with van der Waals surface area (Å²) in [6.07, 6.45) is -1.16. The number of nitrogens with zero attached hydrogens (tertiary/aromatic N) is 5. The fourth-order valence-corrected chi connectivity index (χ4v) is 2.09. The number of fused-ring (bicyclic) bond motifs is 1. The summed E-state index contributed by atoms with van der Waals surface area (Å²) >= 11 is 0. The molecule has 0 aliphatic carbocycles. The van der Waals surface area contributed by atoms with Crippen LogP contribution in [0.15, 0.2) is 24.3 Å². The van der Waals surface area contributed by atoms with Crippen LogP contribution in [0.5, 0.6) is 0 Å². The van der Waals surface area contributed by atoms with E-state index in [2.05, 4.69) is 15.4 Å². The van der Waals surface area contributed by atoms with Crippen LogP contribution in [0.2, 0.25) is 0 Å². The number of aryl methyl sites for hydroxylation is 1. The summed E-state index contributed by atoms with van der Waals surface area (Å²) in [7, 11) is 1.56. The third-order valence-corrected chi connectivity index (χ3v) is 3.06. The number of aliphatic hydroxyl groups excluding tert-OH is 1. The second-order valence-electron chi connectivity index (χ2n) is 4.42. The summed E-state index contributed by atoms with van der Waals surface area (Å²) in [6, 6.07) is 6.55. The Labute approximate surface area is 113 Å². The maximum absolute atomic E-state index is 12.1. The van der Waals surface area contributed by atoms with Gasteiger partial charge in [-0.2, -0.15) is 4.80 Å². The van der Waals surface area contributed by atoms with Crippen molar-refractivity contribution < 1.29 is 14.7 Å². The van der Waals surface area contributed by atoms with E-state index in [-0.39, 0.29) is 12.4 Å². The van der Waals surface area contributed by atoms with Crippen LogP contribution < -0.4 is 0 Å². The highest BCUT2D eigenvalue weighted by Crippen LogP contribution is 2.24. The summed E-state index contributed by atoms with van der Waals surface area (Å²) < 4.78 is 0. The van der Waals surface area contributed by atoms with Gasteiger partial charge in [-0.05, 0) is 17.3 Å². The first-order chi connectivity index (χ1) is 9.58. The summed E-state index contributed by atoms with van der Waals surface area (Å²) in [6.45, 7) is -0.196. The van der Waals surface area contributed by atoms with Gasteiger partial charge in [-0.1, -0.05) is 12.1 Å². The van der Waals surface area contributed by atoms with Gasteiger partial charge in [-0.3, -0.25) is 14.5 Å². The van der Waals surface area contributed by atoms with Gasteiger partial charge in [0.05, 0.1) is 24.7 Å². The summed E-state index contributed by atoms with van der Waals surface area (Å²) in [5.74, 6) is -0.772. The summed E-state index contributed by atoms with van der Waals surface area (Å²) in [5.41, 5.74) is 0.689. The fourth-order valence-electron chi connectivity index (χ4n) is 2.09. The molecule has 0 fully saturated rings. The first-order valence-corrected chi connectivity index (χ1v) is 5.95. The number of carbonyl (C=O) groups is 2. The Bertz CT molecular complexity index is 661. The zero-order valence-electron chi connectivity index (χ0n) is 10.6. The Morgan fingerprint density at radius 1 is 1.20 bits per heavy atom. The Hall–Kier alpha value is -2.61. The number of hydrogen-bond acceptors (Lipinski definition) is 6. The third kappa shape index (κ3) is 1.86. The van der Waals surface area contributed by atoms with E-state index in [9.17, 15) is 14.7 Å². The van der Waals surface area contributed by atoms with Gasteiger partial charge in [0, 0.05) is 0 Å². The smallest absolute Gasteiger partial charge is 0.261 e. The van der Waals surface area contributed by atoms with Gasteiger partial charge in [0.1, 0.15) is 6.10 Å². The molecule has 0 saturated heterocycles. The average Bonchev–Trinajstić information content (AvgIpc) is 2.98. The number of imide groups is 1. The second-order valence-corrected chi connectivity index (χ2v) is 4.42. The van der Waals surface area contributed by atoms with Gasteiger partial charge < -0.3 is 5.11 Å². The molecule has 0 spiro atoms. The van der Waals surface area contributed by atoms with Crippen molar-refractivity contribution in [3.05, 3.63) is 41.2 Å². The van der Waals surface area contributed by atoms with Gasteiger partial charge in [0.25, 0.3) is 11.8 Å². The van der Waals surface area contributed by atoms with E-state index in [0.29, 0.717) is 11.1 Å². The molecular weight excluding hydrogens is 262 g/mol. The highest BCUT2D eigenvalue weighted by Gasteiger charge is 2.36. The lowest BCUT2D eigenvalue weighted by Gasteiger charge is -2.16. The summed E-state index contributed by atoms with van der Waals surface area (Å²) in [5, 5.41) is 21.1. The molecule has 1 atom stereocenters. The van der Waals surface area contributed by atoms with Crippen molar-refractivity contribution in [3.8, 4) is 0 Å². The maximum Gasteiger partial charge on any atom is 0.261 e. The van der Waals surface area contributed by atoms with E-state index in [1.165, 1.54) is 4.80 Å². The van der Waals surface area contributed by atoms with Crippen LogP contribution in [-0.2, 0) is 7.05 Å². The van der Waals surface area contributed by atoms with E-state index in [1.54, 1.807) is 31.3 Å². The van der Waals surface area contributed by atoms with E-state index in [1.807, 2.05) is 0 Å². The van der Waals surface area contributed by atoms with Gasteiger partial charge in [0.2, 0.25) is 5.82 Å². The predicted octanol–water partition coefficient (Wildman–Crippen LogP) is -0.460. The molecule has 8 nitrogen and oxygen atoms in total. The zero-order chi connectivity index (χ0) is 14.3. The van der Waals surface area contributed by atoms with Crippen LogP contribution in [0.25, 0.3) is 0 Å². The Morgan fingerprint density at radius 2 is 1.80 bits per heavy atom. The van der Waals surface area contributed by atoms with Crippen molar-refractivity contribution in [2.45, 2.75) is 6.10 Å². The first kappa shape index (κ1) is 12.4. The first-order valence-electron chi connectivity index (χ1n) is 5.95.